The number of likely N-dealkylation sites (N-methyl/N-ethyl adjacent to an activating group) is 1. The van der Waals surface area contributed by atoms with E-state index in [1.807, 2.05) is 37.3 Å². The first-order chi connectivity index (χ1) is 19.3. The average molecular weight is 565 g/mol. The third kappa shape index (κ3) is 6.09. The van der Waals surface area contributed by atoms with Crippen LogP contribution in [0, 0.1) is 0 Å². The zero-order valence-electron chi connectivity index (χ0n) is 21.6. The summed E-state index contributed by atoms with van der Waals surface area (Å²) in [5, 5.41) is 8.07. The Morgan fingerprint density at radius 1 is 1.00 bits per heavy atom. The van der Waals surface area contributed by atoms with Gasteiger partial charge in [-0.2, -0.15) is 0 Å². The molecule has 2 atom stereocenters. The topological polar surface area (TPSA) is 169 Å². The molecular weight excluding hydrogens is 536 g/mol. The number of hydrogen-bond acceptors (Lipinski definition) is 8. The zero-order chi connectivity index (χ0) is 28.1. The van der Waals surface area contributed by atoms with Crippen molar-refractivity contribution in [2.75, 3.05) is 17.2 Å². The van der Waals surface area contributed by atoms with E-state index in [4.69, 9.17) is 4.74 Å². The molecule has 5 rings (SSSR count). The van der Waals surface area contributed by atoms with Gasteiger partial charge in [-0.15, -0.1) is 0 Å². The van der Waals surface area contributed by atoms with Crippen LogP contribution < -0.4 is 20.7 Å². The normalized spacial score (nSPS) is 17.0. The zero-order valence-corrected chi connectivity index (χ0v) is 22.4. The number of carbonyl (C=O) groups is 2. The monoisotopic (exact) mass is 564 g/mol. The number of fused-ring (bicyclic) bond motifs is 1. The Kier molecular flexibility index (Phi) is 8.00. The highest BCUT2D eigenvalue weighted by Gasteiger charge is 2.32. The number of imidazole rings is 1. The third-order valence-corrected chi connectivity index (χ3v) is 7.69. The predicted octanol–water partition coefficient (Wildman–Crippen LogP) is 2.76. The molecule has 4 aromatic rings. The fraction of sp³-hybridized carbons (Fsp3) is 0.269. The largest absolute Gasteiger partial charge is 0.354 e. The Morgan fingerprint density at radius 2 is 1.77 bits per heavy atom. The van der Waals surface area contributed by atoms with Gasteiger partial charge in [0, 0.05) is 18.8 Å². The van der Waals surface area contributed by atoms with E-state index in [0.717, 1.165) is 5.56 Å². The number of anilines is 2. The fourth-order valence-electron chi connectivity index (χ4n) is 4.30. The number of nitrogens with one attached hydrogen (secondary N) is 4. The van der Waals surface area contributed by atoms with Gasteiger partial charge in [0.05, 0.1) is 11.2 Å². The van der Waals surface area contributed by atoms with E-state index in [0.29, 0.717) is 36.2 Å². The number of hydrogen-bond donors (Lipinski definition) is 4. The molecule has 2 aromatic carbocycles. The Bertz CT molecular complexity index is 1610. The van der Waals surface area contributed by atoms with Gasteiger partial charge in [-0.25, -0.2) is 32.9 Å². The van der Waals surface area contributed by atoms with Gasteiger partial charge in [-0.1, -0.05) is 30.3 Å². The fourth-order valence-corrected chi connectivity index (χ4v) is 5.32. The summed E-state index contributed by atoms with van der Waals surface area (Å²) < 4.78 is 35.4. The molecule has 0 radical (unpaired) electrons. The summed E-state index contributed by atoms with van der Waals surface area (Å²) in [7, 11) is -3.73. The lowest BCUT2D eigenvalue weighted by molar-refractivity contribution is -0.133. The molecule has 2 aromatic heterocycles. The minimum absolute atomic E-state index is 0.0704. The summed E-state index contributed by atoms with van der Waals surface area (Å²) in [6.45, 7) is 2.54. The Labute approximate surface area is 230 Å². The molecule has 40 heavy (non-hydrogen) atoms. The van der Waals surface area contributed by atoms with Crippen LogP contribution in [-0.4, -0.2) is 52.5 Å². The smallest absolute Gasteiger partial charge is 0.324 e. The average Bonchev–Trinajstić information content (AvgIpc) is 3.61. The molecule has 0 spiro atoms. The molecule has 1 aliphatic rings. The highest BCUT2D eigenvalue weighted by atomic mass is 32.2. The first-order valence-corrected chi connectivity index (χ1v) is 14.1. The Balaban J connectivity index is 1.21. The van der Waals surface area contributed by atoms with Gasteiger partial charge in [-0.05, 0) is 49.6 Å². The molecule has 14 heteroatoms. The molecule has 3 heterocycles. The summed E-state index contributed by atoms with van der Waals surface area (Å²) in [5.41, 5.74) is 2.02. The van der Waals surface area contributed by atoms with Gasteiger partial charge in [0.15, 0.2) is 17.0 Å². The minimum atomic E-state index is -3.73. The highest BCUT2D eigenvalue weighted by molar-refractivity contribution is 7.89. The lowest BCUT2D eigenvalue weighted by atomic mass is 10.2. The number of carbonyl (C=O) groups excluding carboxylic acids is 2. The van der Waals surface area contributed by atoms with Gasteiger partial charge in [0.1, 0.15) is 18.7 Å². The second-order valence-electron chi connectivity index (χ2n) is 9.01. The van der Waals surface area contributed by atoms with Crippen LogP contribution in [-0.2, 0) is 26.1 Å². The second-order valence-corrected chi connectivity index (χ2v) is 10.8. The number of ether oxygens (including phenoxy) is 1. The summed E-state index contributed by atoms with van der Waals surface area (Å²) in [6.07, 6.45) is 3.04. The molecule has 0 saturated carbocycles. The van der Waals surface area contributed by atoms with Crippen LogP contribution in [0.25, 0.3) is 11.2 Å². The first-order valence-electron chi connectivity index (χ1n) is 12.7. The molecule has 0 unspecified atom stereocenters. The van der Waals surface area contributed by atoms with E-state index in [1.165, 1.54) is 36.9 Å². The first kappa shape index (κ1) is 27.2. The van der Waals surface area contributed by atoms with Crippen LogP contribution in [0.4, 0.5) is 16.3 Å². The number of nitrogens with zero attached hydrogens (tertiary/aromatic N) is 4. The molecule has 0 aliphatic carbocycles. The van der Waals surface area contributed by atoms with Crippen LogP contribution in [0.15, 0.2) is 72.1 Å². The van der Waals surface area contributed by atoms with Crippen LogP contribution in [0.5, 0.6) is 0 Å². The van der Waals surface area contributed by atoms with Crippen molar-refractivity contribution in [3.8, 4) is 0 Å². The maximum absolute atomic E-state index is 12.7. The SMILES string of the molecule is CCNC(=O)[C@@H]1CC[C@H](n2cnc3c(NC(=O)Nc4ccc(S(=O)(=O)NCc5ccccc5)cc4)ncnc32)O1. The van der Waals surface area contributed by atoms with Crippen molar-refractivity contribution in [3.05, 3.63) is 72.8 Å². The summed E-state index contributed by atoms with van der Waals surface area (Å²) in [6, 6.07) is 14.4. The van der Waals surface area contributed by atoms with Crippen molar-refractivity contribution >= 4 is 44.6 Å². The number of urea groups is 1. The van der Waals surface area contributed by atoms with Crippen molar-refractivity contribution in [1.29, 1.82) is 0 Å². The van der Waals surface area contributed by atoms with Gasteiger partial charge < -0.3 is 15.4 Å². The van der Waals surface area contributed by atoms with Gasteiger partial charge in [-0.3, -0.25) is 14.7 Å². The molecule has 4 N–H and O–H groups in total. The summed E-state index contributed by atoms with van der Waals surface area (Å²) >= 11 is 0. The lowest BCUT2D eigenvalue weighted by Gasteiger charge is -2.15. The van der Waals surface area contributed by atoms with E-state index in [-0.39, 0.29) is 23.2 Å². The second kappa shape index (κ2) is 11.8. The van der Waals surface area contributed by atoms with E-state index in [2.05, 4.69) is 35.6 Å². The quantitative estimate of drug-likeness (QED) is 0.241. The molecule has 0 bridgehead atoms. The molecule has 3 amide bonds. The van der Waals surface area contributed by atoms with Gasteiger partial charge >= 0.3 is 6.03 Å². The predicted molar refractivity (Wildman–Crippen MR) is 147 cm³/mol. The van der Waals surface area contributed by atoms with Crippen LogP contribution in [0.2, 0.25) is 0 Å². The highest BCUT2D eigenvalue weighted by Crippen LogP contribution is 2.31. The van der Waals surface area contributed by atoms with Crippen LogP contribution in [0.3, 0.4) is 0 Å². The maximum Gasteiger partial charge on any atom is 0.324 e. The van der Waals surface area contributed by atoms with Crippen LogP contribution in [0.1, 0.15) is 31.6 Å². The van der Waals surface area contributed by atoms with E-state index in [1.54, 1.807) is 4.57 Å². The molecule has 13 nitrogen and oxygen atoms in total. The van der Waals surface area contributed by atoms with Crippen LogP contribution >= 0.6 is 0 Å². The molecule has 208 valence electrons. The minimum Gasteiger partial charge on any atom is -0.354 e. The number of sulfonamides is 1. The van der Waals surface area contributed by atoms with E-state index >= 15 is 0 Å². The van der Waals surface area contributed by atoms with Gasteiger partial charge in [0.25, 0.3) is 0 Å². The number of benzene rings is 2. The summed E-state index contributed by atoms with van der Waals surface area (Å²) in [5.74, 6) is 0.0287. The standard InChI is InChI=1S/C26H28N8O5S/c1-2-27-25(35)20-12-13-21(39-20)34-16-30-22-23(28-15-29-24(22)34)33-26(36)32-18-8-10-19(11-9-18)40(37,38)31-14-17-6-4-3-5-7-17/h3-11,15-16,20-21,31H,2,12-14H2,1H3,(H,27,35)(H2,28,29,32,33,36)/t20-,21+/m0/s1. The molecular formula is C26H28N8O5S. The number of amides is 3. The molecule has 1 saturated heterocycles. The number of rotatable bonds is 9. The van der Waals surface area contributed by atoms with Crippen molar-refractivity contribution in [1.82, 2.24) is 29.6 Å². The Hall–Kier alpha value is -4.40. The van der Waals surface area contributed by atoms with Gasteiger partial charge in [0.2, 0.25) is 15.9 Å². The van der Waals surface area contributed by atoms with Crippen molar-refractivity contribution < 1.29 is 22.7 Å². The maximum atomic E-state index is 12.7. The third-order valence-electron chi connectivity index (χ3n) is 6.27. The van der Waals surface area contributed by atoms with E-state index < -0.39 is 28.4 Å². The molecule has 1 aliphatic heterocycles. The van der Waals surface area contributed by atoms with E-state index in [9.17, 15) is 18.0 Å². The van der Waals surface area contributed by atoms with Crippen molar-refractivity contribution in [3.63, 3.8) is 0 Å². The van der Waals surface area contributed by atoms with Crippen molar-refractivity contribution in [2.45, 2.75) is 43.5 Å². The molecule has 1 fully saturated rings. The van der Waals surface area contributed by atoms with Crippen molar-refractivity contribution in [2.24, 2.45) is 0 Å². The lowest BCUT2D eigenvalue weighted by Crippen LogP contribution is -2.34. The Morgan fingerprint density at radius 3 is 2.52 bits per heavy atom. The number of aromatic nitrogens is 4. The summed E-state index contributed by atoms with van der Waals surface area (Å²) in [4.78, 5) is 37.7.